The Labute approximate surface area is 171 Å². The average Bonchev–Trinajstić information content (AvgIpc) is 2.62. The Balaban J connectivity index is 0.000000504. The number of esters is 1. The van der Waals surface area contributed by atoms with Gasteiger partial charge in [0.25, 0.3) is 0 Å². The summed E-state index contributed by atoms with van der Waals surface area (Å²) in [6.07, 6.45) is 0. The monoisotopic (exact) mass is 460 g/mol. The number of carboxylic acid groups (broad SMARTS) is 1. The summed E-state index contributed by atoms with van der Waals surface area (Å²) in [5, 5.41) is 8.79. The van der Waals surface area contributed by atoms with Crippen LogP contribution in [0.1, 0.15) is 11.1 Å². The van der Waals surface area contributed by atoms with Crippen LogP contribution >= 0.6 is 33.1 Å². The molecule has 1 N–H and O–H groups in total. The zero-order chi connectivity index (χ0) is 20.8. The molecule has 28 heavy (non-hydrogen) atoms. The summed E-state index contributed by atoms with van der Waals surface area (Å²) in [5.41, 5.74) is -1.02. The molecule has 2 aromatic carbocycles. The smallest absolute Gasteiger partial charge is 0.381 e. The molecule has 1 atom stereocenters. The van der Waals surface area contributed by atoms with E-state index in [2.05, 4.69) is 4.74 Å². The SMILES string of the molecule is COC(=O)C(F)(F)c1ccc(Cl)cc1.O=C(O)C(F)(F)c1ccc(Cl)cc1.P. The molecule has 0 aliphatic heterocycles. The first-order valence-electron chi connectivity index (χ1n) is 7.02. The molecule has 4 nitrogen and oxygen atoms in total. The molecular weight excluding hydrogens is 446 g/mol. The fraction of sp³-hybridized carbons (Fsp3) is 0.176. The number of carbonyl (C=O) groups excluding carboxylic acids is 1. The van der Waals surface area contributed by atoms with Crippen molar-refractivity contribution in [3.8, 4) is 0 Å². The van der Waals surface area contributed by atoms with Crippen LogP contribution in [-0.2, 0) is 26.2 Å². The van der Waals surface area contributed by atoms with E-state index in [1.165, 1.54) is 24.3 Å². The molecule has 0 bridgehead atoms. The highest BCUT2D eigenvalue weighted by Gasteiger charge is 2.42. The standard InChI is InChI=1S/C9H7ClF2O2.C8H5ClF2O2.H3P/c1-14-8(13)9(11,12)6-2-4-7(10)5-3-6;9-6-3-1-5(2-4-6)8(10,11)7(12)13;/h2-5H,1H3;1-4H,(H,12,13);1H3. The van der Waals surface area contributed by atoms with Gasteiger partial charge in [0.15, 0.2) is 0 Å². The normalized spacial score (nSPS) is 10.8. The van der Waals surface area contributed by atoms with Gasteiger partial charge in [-0.15, -0.1) is 0 Å². The number of hydrogen-bond acceptors (Lipinski definition) is 3. The minimum absolute atomic E-state index is 0. The third kappa shape index (κ3) is 6.62. The van der Waals surface area contributed by atoms with Crippen LogP contribution in [0.2, 0.25) is 10.0 Å². The molecule has 0 spiro atoms. The average molecular weight is 461 g/mol. The predicted octanol–water partition coefficient (Wildman–Crippen LogP) is 5.18. The molecule has 0 heterocycles. The van der Waals surface area contributed by atoms with Crippen LogP contribution < -0.4 is 0 Å². The van der Waals surface area contributed by atoms with E-state index >= 15 is 0 Å². The Morgan fingerprint density at radius 3 is 1.43 bits per heavy atom. The van der Waals surface area contributed by atoms with Crippen molar-refractivity contribution in [3.05, 3.63) is 69.7 Å². The van der Waals surface area contributed by atoms with Gasteiger partial charge in [0.1, 0.15) is 0 Å². The highest BCUT2D eigenvalue weighted by atomic mass is 35.5. The summed E-state index contributed by atoms with van der Waals surface area (Å²) in [5.74, 6) is -11.2. The molecule has 1 unspecified atom stereocenters. The van der Waals surface area contributed by atoms with Crippen LogP contribution in [-0.4, -0.2) is 24.2 Å². The van der Waals surface area contributed by atoms with E-state index in [1.807, 2.05) is 0 Å². The van der Waals surface area contributed by atoms with Crippen molar-refractivity contribution in [2.24, 2.45) is 0 Å². The number of alkyl halides is 4. The topological polar surface area (TPSA) is 63.6 Å². The molecule has 2 aromatic rings. The highest BCUT2D eigenvalue weighted by Crippen LogP contribution is 2.30. The number of carboxylic acids is 1. The second-order valence-corrected chi connectivity index (χ2v) is 5.83. The van der Waals surface area contributed by atoms with Gasteiger partial charge in [0.05, 0.1) is 7.11 Å². The largest absolute Gasteiger partial charge is 0.477 e. The van der Waals surface area contributed by atoms with Gasteiger partial charge in [-0.3, -0.25) is 0 Å². The van der Waals surface area contributed by atoms with Crippen LogP contribution in [0.5, 0.6) is 0 Å². The lowest BCUT2D eigenvalue weighted by molar-refractivity contribution is -0.170. The summed E-state index contributed by atoms with van der Waals surface area (Å²) in [6.45, 7) is 0. The number of ether oxygens (including phenoxy) is 1. The third-order valence-electron chi connectivity index (χ3n) is 3.12. The van der Waals surface area contributed by atoms with Gasteiger partial charge >= 0.3 is 23.8 Å². The summed E-state index contributed by atoms with van der Waals surface area (Å²) in [6, 6.07) is 9.13. The van der Waals surface area contributed by atoms with Crippen molar-refractivity contribution in [1.29, 1.82) is 0 Å². The maximum atomic E-state index is 13.2. The lowest BCUT2D eigenvalue weighted by Crippen LogP contribution is -2.27. The van der Waals surface area contributed by atoms with Gasteiger partial charge in [-0.1, -0.05) is 47.5 Å². The van der Waals surface area contributed by atoms with Gasteiger partial charge in [0, 0.05) is 21.2 Å². The Morgan fingerprint density at radius 2 is 1.14 bits per heavy atom. The molecule has 0 aliphatic rings. The molecule has 0 fully saturated rings. The first-order chi connectivity index (χ1) is 12.4. The quantitative estimate of drug-likeness (QED) is 0.388. The lowest BCUT2D eigenvalue weighted by atomic mass is 10.1. The van der Waals surface area contributed by atoms with Gasteiger partial charge in [-0.2, -0.15) is 27.5 Å². The molecule has 0 saturated heterocycles. The maximum absolute atomic E-state index is 13.2. The number of halogens is 6. The summed E-state index contributed by atoms with van der Waals surface area (Å²) < 4.78 is 55.8. The first kappa shape index (κ1) is 26.1. The highest BCUT2D eigenvalue weighted by molar-refractivity contribution is 6.92. The van der Waals surface area contributed by atoms with Crippen molar-refractivity contribution in [1.82, 2.24) is 0 Å². The number of hydrogen-bond donors (Lipinski definition) is 1. The summed E-state index contributed by atoms with van der Waals surface area (Å²) in [7, 11) is 0.909. The van der Waals surface area contributed by atoms with Crippen molar-refractivity contribution < 1.29 is 37.0 Å². The maximum Gasteiger partial charge on any atom is 0.381 e. The molecule has 0 saturated carbocycles. The van der Waals surface area contributed by atoms with E-state index in [0.717, 1.165) is 31.4 Å². The Kier molecular flexibility index (Phi) is 9.88. The Morgan fingerprint density at radius 1 is 0.821 bits per heavy atom. The fourth-order valence-corrected chi connectivity index (χ4v) is 1.94. The van der Waals surface area contributed by atoms with Crippen LogP contribution in [0, 0.1) is 0 Å². The second kappa shape index (κ2) is 10.6. The third-order valence-corrected chi connectivity index (χ3v) is 3.63. The first-order valence-corrected chi connectivity index (χ1v) is 7.78. The Bertz CT molecular complexity index is 800. The molecule has 0 amide bonds. The van der Waals surface area contributed by atoms with E-state index < -0.39 is 34.9 Å². The van der Waals surface area contributed by atoms with Crippen LogP contribution in [0.25, 0.3) is 0 Å². The number of benzene rings is 2. The van der Waals surface area contributed by atoms with Crippen molar-refractivity contribution >= 4 is 45.0 Å². The molecule has 11 heteroatoms. The molecule has 0 aliphatic carbocycles. The minimum atomic E-state index is -3.86. The predicted molar refractivity (Wildman–Crippen MR) is 101 cm³/mol. The second-order valence-electron chi connectivity index (χ2n) is 4.96. The number of methoxy groups -OCH3 is 1. The molecule has 0 radical (unpaired) electrons. The van der Waals surface area contributed by atoms with E-state index in [1.54, 1.807) is 0 Å². The number of aliphatic carboxylic acids is 1. The lowest BCUT2D eigenvalue weighted by Gasteiger charge is -2.13. The fourth-order valence-electron chi connectivity index (χ4n) is 1.69. The van der Waals surface area contributed by atoms with E-state index in [9.17, 15) is 27.2 Å². The minimum Gasteiger partial charge on any atom is -0.477 e. The van der Waals surface area contributed by atoms with Gasteiger partial charge < -0.3 is 9.84 Å². The summed E-state index contributed by atoms with van der Waals surface area (Å²) >= 11 is 11.0. The molecule has 0 aromatic heterocycles. The van der Waals surface area contributed by atoms with E-state index in [0.29, 0.717) is 5.02 Å². The van der Waals surface area contributed by atoms with Crippen LogP contribution in [0.4, 0.5) is 17.6 Å². The Hall–Kier alpha value is -1.89. The van der Waals surface area contributed by atoms with Crippen molar-refractivity contribution in [2.45, 2.75) is 11.8 Å². The van der Waals surface area contributed by atoms with E-state index in [-0.39, 0.29) is 14.9 Å². The van der Waals surface area contributed by atoms with Crippen molar-refractivity contribution in [2.75, 3.05) is 7.11 Å². The molecule has 2 rings (SSSR count). The number of rotatable bonds is 4. The van der Waals surface area contributed by atoms with Gasteiger partial charge in [0.2, 0.25) is 0 Å². The summed E-state index contributed by atoms with van der Waals surface area (Å²) in [4.78, 5) is 20.8. The zero-order valence-corrected chi connectivity index (χ0v) is 17.2. The van der Waals surface area contributed by atoms with Gasteiger partial charge in [-0.05, 0) is 24.3 Å². The molecule has 154 valence electrons. The van der Waals surface area contributed by atoms with Crippen LogP contribution in [0.15, 0.2) is 48.5 Å². The van der Waals surface area contributed by atoms with E-state index in [4.69, 9.17) is 28.3 Å². The number of carbonyl (C=O) groups is 2. The van der Waals surface area contributed by atoms with Crippen LogP contribution in [0.3, 0.4) is 0 Å². The molecular formula is C17H15Cl2F4O4P. The van der Waals surface area contributed by atoms with Gasteiger partial charge in [-0.25, -0.2) is 9.59 Å². The zero-order valence-electron chi connectivity index (χ0n) is 14.3. The van der Waals surface area contributed by atoms with Crippen molar-refractivity contribution in [3.63, 3.8) is 0 Å².